The summed E-state index contributed by atoms with van der Waals surface area (Å²) in [7, 11) is 0. The molecule has 5 nitrogen and oxygen atoms in total. The lowest BCUT2D eigenvalue weighted by atomic mass is 9.99. The minimum Gasteiger partial charge on any atom is -0.494 e. The lowest BCUT2D eigenvalue weighted by Gasteiger charge is -2.30. The number of hydrogen-bond donors (Lipinski definition) is 0. The second-order valence-corrected chi connectivity index (χ2v) is 5.48. The summed E-state index contributed by atoms with van der Waals surface area (Å²) in [6.45, 7) is 6.43. The highest BCUT2D eigenvalue weighted by Crippen LogP contribution is 2.18. The van der Waals surface area contributed by atoms with Crippen LogP contribution < -0.4 is 4.74 Å². The van der Waals surface area contributed by atoms with Gasteiger partial charge in [-0.05, 0) is 50.4 Å². The molecule has 0 amide bonds. The highest BCUT2D eigenvalue weighted by molar-refractivity contribution is 5.35. The van der Waals surface area contributed by atoms with E-state index in [1.165, 1.54) is 38.1 Å². The van der Waals surface area contributed by atoms with Gasteiger partial charge in [-0.2, -0.15) is 0 Å². The van der Waals surface area contributed by atoms with Crippen LogP contribution in [0.5, 0.6) is 5.75 Å². The van der Waals surface area contributed by atoms with Gasteiger partial charge in [-0.3, -0.25) is 10.1 Å². The third kappa shape index (κ3) is 4.49. The molecule has 0 aromatic heterocycles. The molecule has 20 heavy (non-hydrogen) atoms. The van der Waals surface area contributed by atoms with Crippen molar-refractivity contribution in [1.82, 2.24) is 4.90 Å². The van der Waals surface area contributed by atoms with Crippen molar-refractivity contribution >= 4 is 5.69 Å². The molecule has 0 saturated carbocycles. The zero-order valence-electron chi connectivity index (χ0n) is 12.0. The number of benzene rings is 1. The Morgan fingerprint density at radius 3 is 2.55 bits per heavy atom. The average molecular weight is 278 g/mol. The van der Waals surface area contributed by atoms with Crippen LogP contribution in [0.25, 0.3) is 0 Å². The fraction of sp³-hybridized carbons (Fsp3) is 0.600. The van der Waals surface area contributed by atoms with Crippen molar-refractivity contribution in [2.75, 3.05) is 26.2 Å². The van der Waals surface area contributed by atoms with Gasteiger partial charge in [0.1, 0.15) is 5.75 Å². The number of non-ortho nitro benzene ring substituents is 1. The summed E-state index contributed by atoms with van der Waals surface area (Å²) in [4.78, 5) is 12.6. The Morgan fingerprint density at radius 1 is 1.30 bits per heavy atom. The fourth-order valence-electron chi connectivity index (χ4n) is 2.43. The third-order valence-electron chi connectivity index (χ3n) is 3.81. The number of likely N-dealkylation sites (tertiary alicyclic amines) is 1. The lowest BCUT2D eigenvalue weighted by molar-refractivity contribution is -0.384. The molecule has 0 unspecified atom stereocenters. The van der Waals surface area contributed by atoms with Gasteiger partial charge in [-0.25, -0.2) is 0 Å². The number of rotatable bonds is 6. The molecule has 2 rings (SSSR count). The van der Waals surface area contributed by atoms with Gasteiger partial charge < -0.3 is 9.64 Å². The molecule has 1 aliphatic rings. The maximum Gasteiger partial charge on any atom is 0.269 e. The molecule has 1 aliphatic heterocycles. The standard InChI is InChI=1S/C15H22N2O3/c1-13-7-10-16(11-8-13)9-2-12-20-15-5-3-14(4-6-15)17(18)19/h3-6,13H,2,7-12H2,1H3. The molecule has 110 valence electrons. The van der Waals surface area contributed by atoms with Gasteiger partial charge in [0.2, 0.25) is 0 Å². The van der Waals surface area contributed by atoms with Gasteiger partial charge in [0.15, 0.2) is 0 Å². The summed E-state index contributed by atoms with van der Waals surface area (Å²) in [5.41, 5.74) is 0.0970. The zero-order valence-corrected chi connectivity index (χ0v) is 12.0. The first-order chi connectivity index (χ1) is 9.65. The minimum atomic E-state index is -0.402. The van der Waals surface area contributed by atoms with Crippen LogP contribution in [0, 0.1) is 16.0 Å². The highest BCUT2D eigenvalue weighted by atomic mass is 16.6. The molecular formula is C15H22N2O3. The Bertz CT molecular complexity index is 425. The van der Waals surface area contributed by atoms with Crippen LogP contribution in [0.3, 0.4) is 0 Å². The molecule has 0 bridgehead atoms. The maximum atomic E-state index is 10.5. The van der Waals surface area contributed by atoms with E-state index in [0.29, 0.717) is 12.4 Å². The van der Waals surface area contributed by atoms with Crippen LogP contribution in [0.1, 0.15) is 26.2 Å². The average Bonchev–Trinajstić information content (AvgIpc) is 2.46. The summed E-state index contributed by atoms with van der Waals surface area (Å²) in [5.74, 6) is 1.56. The molecule has 0 aliphatic carbocycles. The van der Waals surface area contributed by atoms with E-state index in [0.717, 1.165) is 18.9 Å². The summed E-state index contributed by atoms with van der Waals surface area (Å²) < 4.78 is 5.60. The second-order valence-electron chi connectivity index (χ2n) is 5.48. The van der Waals surface area contributed by atoms with Crippen molar-refractivity contribution in [3.8, 4) is 5.75 Å². The van der Waals surface area contributed by atoms with Gasteiger partial charge in [-0.15, -0.1) is 0 Å². The molecule has 1 aromatic carbocycles. The number of nitro groups is 1. The number of nitrogens with zero attached hydrogens (tertiary/aromatic N) is 2. The second kappa shape index (κ2) is 7.24. The van der Waals surface area contributed by atoms with E-state index < -0.39 is 4.92 Å². The molecule has 0 N–H and O–H groups in total. The molecule has 5 heteroatoms. The van der Waals surface area contributed by atoms with Gasteiger partial charge in [0.05, 0.1) is 11.5 Å². The van der Waals surface area contributed by atoms with Crippen molar-refractivity contribution in [3.63, 3.8) is 0 Å². The van der Waals surface area contributed by atoms with Gasteiger partial charge in [-0.1, -0.05) is 6.92 Å². The van der Waals surface area contributed by atoms with Crippen LogP contribution >= 0.6 is 0 Å². The first kappa shape index (κ1) is 14.8. The number of ether oxygens (including phenoxy) is 1. The highest BCUT2D eigenvalue weighted by Gasteiger charge is 2.14. The Kier molecular flexibility index (Phi) is 5.35. The Hall–Kier alpha value is -1.62. The summed E-state index contributed by atoms with van der Waals surface area (Å²) in [6.07, 6.45) is 3.58. The molecule has 0 radical (unpaired) electrons. The van der Waals surface area contributed by atoms with Crippen LogP contribution in [0.4, 0.5) is 5.69 Å². The quantitative estimate of drug-likeness (QED) is 0.456. The van der Waals surface area contributed by atoms with Crippen LogP contribution in [0.15, 0.2) is 24.3 Å². The van der Waals surface area contributed by atoms with Gasteiger partial charge in [0.25, 0.3) is 5.69 Å². The molecule has 0 atom stereocenters. The van der Waals surface area contributed by atoms with Crippen molar-refractivity contribution in [3.05, 3.63) is 34.4 Å². The number of piperidine rings is 1. The predicted molar refractivity (Wildman–Crippen MR) is 78.0 cm³/mol. The topological polar surface area (TPSA) is 55.6 Å². The lowest BCUT2D eigenvalue weighted by Crippen LogP contribution is -2.34. The van der Waals surface area contributed by atoms with Gasteiger partial charge >= 0.3 is 0 Å². The van der Waals surface area contributed by atoms with Crippen LogP contribution in [0.2, 0.25) is 0 Å². The van der Waals surface area contributed by atoms with Crippen LogP contribution in [-0.2, 0) is 0 Å². The Labute approximate surface area is 119 Å². The summed E-state index contributed by atoms with van der Waals surface area (Å²) in [5, 5.41) is 10.5. The van der Waals surface area contributed by atoms with E-state index in [2.05, 4.69) is 11.8 Å². The van der Waals surface area contributed by atoms with E-state index in [1.54, 1.807) is 12.1 Å². The van der Waals surface area contributed by atoms with Crippen molar-refractivity contribution in [1.29, 1.82) is 0 Å². The van der Waals surface area contributed by atoms with Gasteiger partial charge in [0, 0.05) is 18.7 Å². The normalized spacial score (nSPS) is 17.1. The molecule has 1 fully saturated rings. The molecule has 1 heterocycles. The first-order valence-corrected chi connectivity index (χ1v) is 7.25. The first-order valence-electron chi connectivity index (χ1n) is 7.25. The van der Waals surface area contributed by atoms with E-state index >= 15 is 0 Å². The van der Waals surface area contributed by atoms with E-state index in [-0.39, 0.29) is 5.69 Å². The SMILES string of the molecule is CC1CCN(CCCOc2ccc([N+](=O)[O-])cc2)CC1. The largest absolute Gasteiger partial charge is 0.494 e. The van der Waals surface area contributed by atoms with Crippen LogP contribution in [-0.4, -0.2) is 36.1 Å². The summed E-state index contributed by atoms with van der Waals surface area (Å²) in [6, 6.07) is 6.25. The molecule has 1 aromatic rings. The number of nitro benzene ring substituents is 1. The fourth-order valence-corrected chi connectivity index (χ4v) is 2.43. The van der Waals surface area contributed by atoms with Crippen molar-refractivity contribution in [2.45, 2.75) is 26.2 Å². The summed E-state index contributed by atoms with van der Waals surface area (Å²) >= 11 is 0. The Morgan fingerprint density at radius 2 is 1.95 bits per heavy atom. The maximum absolute atomic E-state index is 10.5. The zero-order chi connectivity index (χ0) is 14.4. The van der Waals surface area contributed by atoms with Crippen molar-refractivity contribution in [2.24, 2.45) is 5.92 Å². The molecular weight excluding hydrogens is 256 g/mol. The van der Waals surface area contributed by atoms with E-state index in [1.807, 2.05) is 0 Å². The number of hydrogen-bond acceptors (Lipinski definition) is 4. The van der Waals surface area contributed by atoms with E-state index in [4.69, 9.17) is 4.74 Å². The molecule has 1 saturated heterocycles. The van der Waals surface area contributed by atoms with Crippen molar-refractivity contribution < 1.29 is 9.66 Å². The predicted octanol–water partition coefficient (Wildman–Crippen LogP) is 3.10. The minimum absolute atomic E-state index is 0.0970. The molecule has 0 spiro atoms. The monoisotopic (exact) mass is 278 g/mol. The smallest absolute Gasteiger partial charge is 0.269 e. The third-order valence-corrected chi connectivity index (χ3v) is 3.81. The van der Waals surface area contributed by atoms with E-state index in [9.17, 15) is 10.1 Å². The Balaban J connectivity index is 1.64.